The highest BCUT2D eigenvalue weighted by atomic mass is 16.5. The zero-order valence-electron chi connectivity index (χ0n) is 16.2. The van der Waals surface area contributed by atoms with Gasteiger partial charge in [0.15, 0.2) is 0 Å². The Bertz CT molecular complexity index is 760. The number of hydrogen-bond donors (Lipinski definition) is 0. The quantitative estimate of drug-likeness (QED) is 0.672. The van der Waals surface area contributed by atoms with E-state index in [0.717, 1.165) is 41.5 Å². The van der Waals surface area contributed by atoms with Gasteiger partial charge in [-0.15, -0.1) is 0 Å². The minimum Gasteiger partial charge on any atom is -0.496 e. The van der Waals surface area contributed by atoms with Crippen molar-refractivity contribution in [3.8, 4) is 11.5 Å². The lowest BCUT2D eigenvalue weighted by atomic mass is 10.0. The van der Waals surface area contributed by atoms with Crippen LogP contribution in [-0.2, 0) is 0 Å². The first kappa shape index (κ1) is 18.3. The third-order valence-corrected chi connectivity index (χ3v) is 4.89. The van der Waals surface area contributed by atoms with Crippen molar-refractivity contribution in [2.45, 2.75) is 32.6 Å². The summed E-state index contributed by atoms with van der Waals surface area (Å²) in [6.45, 7) is 6.51. The largest absolute Gasteiger partial charge is 0.496 e. The topological polar surface area (TPSA) is 34.1 Å². The Morgan fingerprint density at radius 3 is 2.19 bits per heavy atom. The zero-order chi connectivity index (χ0) is 18.5. The molecule has 1 fully saturated rings. The fraction of sp³-hybridized carbons (Fsp3) is 0.409. The van der Waals surface area contributed by atoms with Crippen LogP contribution in [0, 0.1) is 0 Å². The van der Waals surface area contributed by atoms with Crippen LogP contribution in [0.1, 0.15) is 43.7 Å². The van der Waals surface area contributed by atoms with Gasteiger partial charge in [0, 0.05) is 30.9 Å². The number of benzene rings is 2. The van der Waals surface area contributed by atoms with Gasteiger partial charge in [-0.2, -0.15) is 0 Å². The molecular formula is C22H28N2O2. The van der Waals surface area contributed by atoms with Gasteiger partial charge in [0.05, 0.1) is 25.6 Å². The van der Waals surface area contributed by atoms with E-state index in [2.05, 4.69) is 41.9 Å². The third-order valence-electron chi connectivity index (χ3n) is 4.89. The summed E-state index contributed by atoms with van der Waals surface area (Å²) in [4.78, 5) is 6.97. The van der Waals surface area contributed by atoms with Gasteiger partial charge in [0.1, 0.15) is 11.5 Å². The molecule has 1 saturated heterocycles. The minimum absolute atomic E-state index is 0.524. The first-order valence-electron chi connectivity index (χ1n) is 9.27. The second kappa shape index (κ2) is 8.26. The molecule has 4 nitrogen and oxygen atoms in total. The van der Waals surface area contributed by atoms with E-state index < -0.39 is 0 Å². The van der Waals surface area contributed by atoms with Crippen molar-refractivity contribution in [2.75, 3.05) is 32.2 Å². The lowest BCUT2D eigenvalue weighted by molar-refractivity contribution is 0.402. The first-order valence-corrected chi connectivity index (χ1v) is 9.27. The molecule has 1 heterocycles. The number of methoxy groups -OCH3 is 2. The Morgan fingerprint density at radius 2 is 1.62 bits per heavy atom. The van der Waals surface area contributed by atoms with Crippen molar-refractivity contribution >= 4 is 17.6 Å². The molecule has 2 aromatic rings. The summed E-state index contributed by atoms with van der Waals surface area (Å²) in [6.07, 6.45) is 4.29. The highest BCUT2D eigenvalue weighted by molar-refractivity contribution is 5.88. The predicted molar refractivity (Wildman–Crippen MR) is 109 cm³/mol. The Morgan fingerprint density at radius 1 is 0.962 bits per heavy atom. The van der Waals surface area contributed by atoms with E-state index in [0.29, 0.717) is 5.92 Å². The molecule has 4 heteroatoms. The van der Waals surface area contributed by atoms with Crippen molar-refractivity contribution in [3.05, 3.63) is 47.5 Å². The lowest BCUT2D eigenvalue weighted by Crippen LogP contribution is -2.18. The van der Waals surface area contributed by atoms with Gasteiger partial charge in [-0.25, -0.2) is 0 Å². The molecule has 0 unspecified atom stereocenters. The molecule has 0 saturated carbocycles. The number of anilines is 1. The summed E-state index contributed by atoms with van der Waals surface area (Å²) in [6, 6.07) is 12.4. The molecule has 1 aliphatic heterocycles. The van der Waals surface area contributed by atoms with Crippen molar-refractivity contribution in [1.29, 1.82) is 0 Å². The van der Waals surface area contributed by atoms with Crippen LogP contribution in [0.4, 0.5) is 11.4 Å². The summed E-state index contributed by atoms with van der Waals surface area (Å²) in [5, 5.41) is 0. The van der Waals surface area contributed by atoms with Crippen LogP contribution < -0.4 is 14.4 Å². The minimum atomic E-state index is 0.524. The van der Waals surface area contributed by atoms with E-state index in [9.17, 15) is 0 Å². The van der Waals surface area contributed by atoms with Crippen molar-refractivity contribution in [2.24, 2.45) is 4.99 Å². The van der Waals surface area contributed by atoms with E-state index in [4.69, 9.17) is 9.47 Å². The van der Waals surface area contributed by atoms with Gasteiger partial charge in [0.2, 0.25) is 0 Å². The van der Waals surface area contributed by atoms with Gasteiger partial charge in [-0.3, -0.25) is 4.99 Å². The molecule has 0 amide bonds. The fourth-order valence-corrected chi connectivity index (χ4v) is 3.30. The highest BCUT2D eigenvalue weighted by Crippen LogP contribution is 2.36. The van der Waals surface area contributed by atoms with Gasteiger partial charge in [-0.1, -0.05) is 26.0 Å². The van der Waals surface area contributed by atoms with Crippen LogP contribution in [0.2, 0.25) is 0 Å². The van der Waals surface area contributed by atoms with Crippen molar-refractivity contribution in [3.63, 3.8) is 0 Å². The van der Waals surface area contributed by atoms with Crippen LogP contribution in [0.3, 0.4) is 0 Å². The predicted octanol–water partition coefficient (Wildman–Crippen LogP) is 5.18. The molecule has 138 valence electrons. The van der Waals surface area contributed by atoms with Crippen LogP contribution in [0.15, 0.2) is 41.4 Å². The standard InChI is InChI=1S/C22H28N2O2/c1-16(2)17-7-9-19(10-8-17)23-15-18-13-22(26-4)20(14-21(18)25-3)24-11-5-6-12-24/h7-10,13-16H,5-6,11-12H2,1-4H3. The average Bonchev–Trinajstić information content (AvgIpc) is 3.20. The summed E-state index contributed by atoms with van der Waals surface area (Å²) in [5.41, 5.74) is 4.26. The maximum absolute atomic E-state index is 5.63. The normalized spacial score (nSPS) is 14.4. The Labute approximate surface area is 156 Å². The van der Waals surface area contributed by atoms with Crippen LogP contribution in [0.25, 0.3) is 0 Å². The van der Waals surface area contributed by atoms with Crippen LogP contribution in [-0.4, -0.2) is 33.5 Å². The molecule has 0 aliphatic carbocycles. The van der Waals surface area contributed by atoms with E-state index in [1.54, 1.807) is 14.2 Å². The number of aliphatic imine (C=N–C) groups is 1. The van der Waals surface area contributed by atoms with E-state index in [-0.39, 0.29) is 0 Å². The lowest BCUT2D eigenvalue weighted by Gasteiger charge is -2.22. The molecule has 0 spiro atoms. The zero-order valence-corrected chi connectivity index (χ0v) is 16.2. The Hall–Kier alpha value is -2.49. The Balaban J connectivity index is 1.88. The van der Waals surface area contributed by atoms with E-state index >= 15 is 0 Å². The number of hydrogen-bond acceptors (Lipinski definition) is 4. The first-order chi connectivity index (χ1) is 12.6. The van der Waals surface area contributed by atoms with Crippen LogP contribution >= 0.6 is 0 Å². The molecule has 0 aromatic heterocycles. The number of rotatable bonds is 6. The summed E-state index contributed by atoms with van der Waals surface area (Å²) >= 11 is 0. The highest BCUT2D eigenvalue weighted by Gasteiger charge is 2.19. The average molecular weight is 352 g/mol. The molecule has 0 N–H and O–H groups in total. The summed E-state index contributed by atoms with van der Waals surface area (Å²) < 4.78 is 11.2. The molecule has 0 atom stereocenters. The molecule has 0 radical (unpaired) electrons. The van der Waals surface area contributed by atoms with E-state index in [1.807, 2.05) is 24.4 Å². The fourth-order valence-electron chi connectivity index (χ4n) is 3.30. The molecule has 3 rings (SSSR count). The smallest absolute Gasteiger partial charge is 0.143 e. The second-order valence-electron chi connectivity index (χ2n) is 6.96. The molecule has 2 aromatic carbocycles. The molecule has 26 heavy (non-hydrogen) atoms. The van der Waals surface area contributed by atoms with Gasteiger partial charge >= 0.3 is 0 Å². The SMILES string of the molecule is COc1cc(N2CCCC2)c(OC)cc1C=Nc1ccc(C(C)C)cc1. The molecule has 1 aliphatic rings. The second-order valence-corrected chi connectivity index (χ2v) is 6.96. The number of nitrogens with zero attached hydrogens (tertiary/aromatic N) is 2. The van der Waals surface area contributed by atoms with Crippen LogP contribution in [0.5, 0.6) is 11.5 Å². The maximum Gasteiger partial charge on any atom is 0.143 e. The van der Waals surface area contributed by atoms with Gasteiger partial charge < -0.3 is 14.4 Å². The van der Waals surface area contributed by atoms with Gasteiger partial charge in [0.25, 0.3) is 0 Å². The number of ether oxygens (including phenoxy) is 2. The summed E-state index contributed by atoms with van der Waals surface area (Å²) in [7, 11) is 3.41. The maximum atomic E-state index is 5.63. The van der Waals surface area contributed by atoms with E-state index in [1.165, 1.54) is 18.4 Å². The van der Waals surface area contributed by atoms with Crippen molar-refractivity contribution in [1.82, 2.24) is 0 Å². The third kappa shape index (κ3) is 4.01. The van der Waals surface area contributed by atoms with Gasteiger partial charge in [-0.05, 0) is 42.5 Å². The summed E-state index contributed by atoms with van der Waals surface area (Å²) in [5.74, 6) is 2.20. The monoisotopic (exact) mass is 352 g/mol. The molecule has 0 bridgehead atoms. The Kier molecular flexibility index (Phi) is 5.82. The molecular weight excluding hydrogens is 324 g/mol. The van der Waals surface area contributed by atoms with Crippen molar-refractivity contribution < 1.29 is 9.47 Å².